The van der Waals surface area contributed by atoms with Crippen LogP contribution in [0.15, 0.2) is 20.2 Å². The summed E-state index contributed by atoms with van der Waals surface area (Å²) in [6.45, 7) is 2.84. The van der Waals surface area contributed by atoms with Crippen LogP contribution in [0.3, 0.4) is 0 Å². The number of H-pyrrole nitrogens is 1. The van der Waals surface area contributed by atoms with Gasteiger partial charge in [0.05, 0.1) is 0 Å². The fourth-order valence-corrected chi connectivity index (χ4v) is 1.99. The third-order valence-electron chi connectivity index (χ3n) is 2.92. The highest BCUT2D eigenvalue weighted by Gasteiger charge is 2.33. The van der Waals surface area contributed by atoms with E-state index in [4.69, 9.17) is 13.9 Å². The third-order valence-corrected chi connectivity index (χ3v) is 2.92. The van der Waals surface area contributed by atoms with Gasteiger partial charge >= 0.3 is 5.69 Å². The van der Waals surface area contributed by atoms with Crippen molar-refractivity contribution in [1.82, 2.24) is 9.55 Å². The lowest BCUT2D eigenvalue weighted by Crippen LogP contribution is -2.29. The normalized spacial score (nSPS) is 16.6. The number of hydrogen-bond donors (Lipinski definition) is 2. The number of aromatic amines is 1. The number of aliphatic hydroxyl groups excluding tert-OH is 1. The van der Waals surface area contributed by atoms with Crippen molar-refractivity contribution in [2.45, 2.75) is 26.7 Å². The van der Waals surface area contributed by atoms with Crippen LogP contribution in [0.5, 0.6) is 11.5 Å². The number of nitrogens with zero attached hydrogens (tertiary/aromatic N) is 1. The van der Waals surface area contributed by atoms with E-state index in [1.54, 1.807) is 13.8 Å². The van der Waals surface area contributed by atoms with Gasteiger partial charge in [0, 0.05) is 18.7 Å². The number of aromatic nitrogens is 2. The molecule has 0 amide bonds. The first-order chi connectivity index (χ1) is 9.51. The van der Waals surface area contributed by atoms with Crippen molar-refractivity contribution < 1.29 is 19.0 Å². The minimum absolute atomic E-state index is 0.0674. The van der Waals surface area contributed by atoms with Gasteiger partial charge in [0.2, 0.25) is 17.8 Å². The van der Waals surface area contributed by atoms with Crippen LogP contribution < -0.4 is 20.7 Å². The molecule has 2 aromatic rings. The van der Waals surface area contributed by atoms with Gasteiger partial charge in [-0.15, -0.1) is 0 Å². The molecule has 1 unspecified atom stereocenters. The van der Waals surface area contributed by atoms with Gasteiger partial charge in [-0.05, 0) is 6.92 Å². The van der Waals surface area contributed by atoms with Crippen LogP contribution in [0.1, 0.15) is 18.2 Å². The molecular formula is C12H12N2O6. The van der Waals surface area contributed by atoms with E-state index in [0.717, 1.165) is 4.57 Å². The van der Waals surface area contributed by atoms with E-state index in [1.165, 1.54) is 6.20 Å². The Morgan fingerprint density at radius 1 is 1.35 bits per heavy atom. The molecule has 3 rings (SSSR count). The van der Waals surface area contributed by atoms with Crippen LogP contribution in [0, 0.1) is 6.92 Å². The molecule has 8 heteroatoms. The first kappa shape index (κ1) is 12.5. The molecule has 0 bridgehead atoms. The van der Waals surface area contributed by atoms with Crippen molar-refractivity contribution in [1.29, 1.82) is 0 Å². The van der Waals surface area contributed by atoms with Gasteiger partial charge < -0.3 is 19.0 Å². The maximum atomic E-state index is 11.9. The van der Waals surface area contributed by atoms with Crippen molar-refractivity contribution >= 4 is 0 Å². The van der Waals surface area contributed by atoms with Gasteiger partial charge in [0.25, 0.3) is 11.4 Å². The summed E-state index contributed by atoms with van der Waals surface area (Å²) in [7, 11) is 0. The molecule has 20 heavy (non-hydrogen) atoms. The Kier molecular flexibility index (Phi) is 2.68. The maximum Gasteiger partial charge on any atom is 0.335 e. The number of fused-ring (bicyclic) bond motifs is 1. The molecule has 2 aromatic heterocycles. The fourth-order valence-electron chi connectivity index (χ4n) is 1.99. The largest absolute Gasteiger partial charge is 0.447 e. The van der Waals surface area contributed by atoms with E-state index < -0.39 is 24.1 Å². The summed E-state index contributed by atoms with van der Waals surface area (Å²) in [4.78, 5) is 25.4. The molecule has 1 aliphatic heterocycles. The quantitative estimate of drug-likeness (QED) is 0.804. The fraction of sp³-hybridized carbons (Fsp3) is 0.333. The smallest absolute Gasteiger partial charge is 0.335 e. The van der Waals surface area contributed by atoms with Crippen LogP contribution >= 0.6 is 0 Å². The molecule has 0 saturated heterocycles. The van der Waals surface area contributed by atoms with Crippen LogP contribution in [-0.4, -0.2) is 20.9 Å². The second kappa shape index (κ2) is 4.27. The number of nitrogens with one attached hydrogen (secondary N) is 1. The highest BCUT2D eigenvalue weighted by Crippen LogP contribution is 2.45. The third kappa shape index (κ3) is 1.73. The summed E-state index contributed by atoms with van der Waals surface area (Å²) >= 11 is 0. The molecular weight excluding hydrogens is 268 g/mol. The van der Waals surface area contributed by atoms with Gasteiger partial charge in [-0.2, -0.15) is 0 Å². The Hall–Kier alpha value is -2.48. The van der Waals surface area contributed by atoms with Crippen molar-refractivity contribution in [3.63, 3.8) is 0 Å². The van der Waals surface area contributed by atoms with E-state index in [0.29, 0.717) is 5.56 Å². The lowest BCUT2D eigenvalue weighted by atomic mass is 10.3. The topological polar surface area (TPSA) is 107 Å². The zero-order chi connectivity index (χ0) is 14.4. The van der Waals surface area contributed by atoms with E-state index in [-0.39, 0.29) is 23.1 Å². The lowest BCUT2D eigenvalue weighted by Gasteiger charge is -2.07. The molecule has 106 valence electrons. The Morgan fingerprint density at radius 2 is 2.05 bits per heavy atom. The van der Waals surface area contributed by atoms with E-state index >= 15 is 0 Å². The van der Waals surface area contributed by atoms with Crippen LogP contribution in [0.25, 0.3) is 5.88 Å². The van der Waals surface area contributed by atoms with Gasteiger partial charge in [-0.3, -0.25) is 9.78 Å². The molecule has 0 saturated carbocycles. The molecule has 0 spiro atoms. The average molecular weight is 280 g/mol. The summed E-state index contributed by atoms with van der Waals surface area (Å²) in [6.07, 6.45) is 0.799. The first-order valence-electron chi connectivity index (χ1n) is 5.94. The molecule has 8 nitrogen and oxygen atoms in total. The summed E-state index contributed by atoms with van der Waals surface area (Å²) in [5, 5.41) is 9.24. The van der Waals surface area contributed by atoms with Gasteiger partial charge in [-0.1, -0.05) is 0 Å². The van der Waals surface area contributed by atoms with Crippen molar-refractivity contribution in [3.05, 3.63) is 38.4 Å². The highest BCUT2D eigenvalue weighted by atomic mass is 16.7. The maximum absolute atomic E-state index is 11.9. The van der Waals surface area contributed by atoms with Crippen molar-refractivity contribution in [3.8, 4) is 17.4 Å². The second-order valence-electron chi connectivity index (χ2n) is 4.39. The number of aryl methyl sites for hydroxylation is 1. The number of rotatable bonds is 2. The van der Waals surface area contributed by atoms with Crippen LogP contribution in [0.2, 0.25) is 0 Å². The monoisotopic (exact) mass is 280 g/mol. The summed E-state index contributed by atoms with van der Waals surface area (Å²) in [5.41, 5.74) is -0.792. The molecule has 2 N–H and O–H groups in total. The Morgan fingerprint density at radius 3 is 2.75 bits per heavy atom. The molecule has 0 fully saturated rings. The number of hydrogen-bond acceptors (Lipinski definition) is 6. The number of ether oxygens (including phenoxy) is 2. The van der Waals surface area contributed by atoms with Crippen molar-refractivity contribution in [2.75, 3.05) is 0 Å². The van der Waals surface area contributed by atoms with Crippen LogP contribution in [0.4, 0.5) is 0 Å². The number of aliphatic hydroxyl groups is 1. The van der Waals surface area contributed by atoms with Crippen LogP contribution in [-0.2, 0) is 6.61 Å². The van der Waals surface area contributed by atoms with Crippen molar-refractivity contribution in [2.24, 2.45) is 0 Å². The molecule has 0 aromatic carbocycles. The minimum atomic E-state index is -0.662. The second-order valence-corrected chi connectivity index (χ2v) is 4.39. The van der Waals surface area contributed by atoms with Gasteiger partial charge in [0.1, 0.15) is 6.61 Å². The molecule has 0 aliphatic carbocycles. The Labute approximate surface area is 112 Å². The number of furan rings is 1. The predicted molar refractivity (Wildman–Crippen MR) is 66.3 cm³/mol. The van der Waals surface area contributed by atoms with E-state index in [2.05, 4.69) is 4.98 Å². The molecule has 0 radical (unpaired) electrons. The molecule has 1 aliphatic rings. The van der Waals surface area contributed by atoms with Gasteiger partial charge in [0.15, 0.2) is 5.76 Å². The first-order valence-corrected chi connectivity index (χ1v) is 5.94. The summed E-state index contributed by atoms with van der Waals surface area (Å²) in [6, 6.07) is 0. The van der Waals surface area contributed by atoms with E-state index in [1.807, 2.05) is 0 Å². The molecule has 1 atom stereocenters. The highest BCUT2D eigenvalue weighted by molar-refractivity contribution is 5.55. The zero-order valence-electron chi connectivity index (χ0n) is 10.8. The zero-order valence-corrected chi connectivity index (χ0v) is 10.8. The lowest BCUT2D eigenvalue weighted by molar-refractivity contribution is 0.0600. The molecule has 3 heterocycles. The standard InChI is InChI=1S/C12H12N2O6/c1-5-3-14(12(17)13-10(5)16)11-9-8(7(4-15)20-11)18-6(2)19-9/h3,6,15H,4H2,1-2H3,(H,13,16,17). The average Bonchev–Trinajstić information content (AvgIpc) is 2.91. The summed E-state index contributed by atoms with van der Waals surface area (Å²) < 4.78 is 17.3. The van der Waals surface area contributed by atoms with Gasteiger partial charge in [-0.25, -0.2) is 9.36 Å². The SMILES string of the molecule is Cc1cn(-c2oc(CO)c3c2OC(C)O3)c(=O)[nH]c1=O. The van der Waals surface area contributed by atoms with E-state index in [9.17, 15) is 14.7 Å². The Balaban J connectivity index is 2.24. The minimum Gasteiger partial charge on any atom is -0.447 e. The predicted octanol–water partition coefficient (Wildman–Crippen LogP) is 0.0367. The Bertz CT molecular complexity index is 784. The summed E-state index contributed by atoms with van der Waals surface area (Å²) in [5.74, 6) is 0.730.